The lowest BCUT2D eigenvalue weighted by Gasteiger charge is -2.12. The quantitative estimate of drug-likeness (QED) is 0.477. The highest BCUT2D eigenvalue weighted by Gasteiger charge is 2.16. The predicted octanol–water partition coefficient (Wildman–Crippen LogP) is 4.34. The molecule has 0 aliphatic rings. The largest absolute Gasteiger partial charge is 0.484 e. The Morgan fingerprint density at radius 1 is 1.00 bits per heavy atom. The van der Waals surface area contributed by atoms with Gasteiger partial charge in [-0.15, -0.1) is 0 Å². The molecule has 0 bridgehead atoms. The lowest BCUT2D eigenvalue weighted by molar-refractivity contribution is -0.148. The smallest absolute Gasteiger partial charge is 0.333 e. The maximum Gasteiger partial charge on any atom is 0.333 e. The van der Waals surface area contributed by atoms with Crippen LogP contribution < -0.4 is 10.1 Å². The minimum Gasteiger partial charge on any atom is -0.484 e. The molecule has 0 radical (unpaired) electrons. The fourth-order valence-corrected chi connectivity index (χ4v) is 3.31. The number of halogens is 1. The summed E-state index contributed by atoms with van der Waals surface area (Å²) in [6, 6.07) is 22.3. The average molecular weight is 454 g/mol. The third kappa shape index (κ3) is 6.57. The molecule has 0 spiro atoms. The maximum atomic E-state index is 12.3. The van der Waals surface area contributed by atoms with Crippen molar-refractivity contribution in [2.45, 2.75) is 19.1 Å². The van der Waals surface area contributed by atoms with Crippen LogP contribution in [0, 0.1) is 0 Å². The first-order valence-electron chi connectivity index (χ1n) is 10.0. The summed E-state index contributed by atoms with van der Waals surface area (Å²) in [5, 5.41) is 12.6. The summed E-state index contributed by atoms with van der Waals surface area (Å²) >= 11 is 5.98. The number of carbonyl (C=O) groups excluding carboxylic acids is 1. The Balaban J connectivity index is 1.52. The van der Waals surface area contributed by atoms with E-state index in [1.54, 1.807) is 24.3 Å². The van der Waals surface area contributed by atoms with E-state index >= 15 is 0 Å². The molecule has 3 aromatic rings. The van der Waals surface area contributed by atoms with Crippen molar-refractivity contribution in [1.82, 2.24) is 5.32 Å². The van der Waals surface area contributed by atoms with Crippen molar-refractivity contribution in [2.24, 2.45) is 0 Å². The second kappa shape index (κ2) is 11.3. The highest BCUT2D eigenvalue weighted by atomic mass is 35.5. The van der Waals surface area contributed by atoms with Gasteiger partial charge in [-0.3, -0.25) is 4.79 Å². The molecule has 166 valence electrons. The second-order valence-corrected chi connectivity index (χ2v) is 7.58. The van der Waals surface area contributed by atoms with Crippen LogP contribution in [0.25, 0.3) is 11.1 Å². The molecule has 1 amide bonds. The first-order valence-corrected chi connectivity index (χ1v) is 10.4. The lowest BCUT2D eigenvalue weighted by Crippen LogP contribution is -2.28. The van der Waals surface area contributed by atoms with Gasteiger partial charge in [0.25, 0.3) is 5.91 Å². The molecule has 0 aliphatic heterocycles. The average Bonchev–Trinajstić information content (AvgIpc) is 2.81. The van der Waals surface area contributed by atoms with Gasteiger partial charge in [-0.05, 0) is 46.5 Å². The number of hydrogen-bond donors (Lipinski definition) is 2. The Morgan fingerprint density at radius 3 is 2.34 bits per heavy atom. The molecule has 0 saturated carbocycles. The van der Waals surface area contributed by atoms with Crippen molar-refractivity contribution >= 4 is 23.5 Å². The first-order chi connectivity index (χ1) is 15.5. The van der Waals surface area contributed by atoms with Crippen molar-refractivity contribution < 1.29 is 24.2 Å². The molecular weight excluding hydrogens is 430 g/mol. The number of carbonyl (C=O) groups is 2. The van der Waals surface area contributed by atoms with Gasteiger partial charge in [-0.2, -0.15) is 0 Å². The van der Waals surface area contributed by atoms with Crippen LogP contribution in [-0.2, 0) is 27.3 Å². The van der Waals surface area contributed by atoms with E-state index in [2.05, 4.69) is 5.32 Å². The van der Waals surface area contributed by atoms with Gasteiger partial charge in [0.1, 0.15) is 5.75 Å². The number of rotatable bonds is 10. The standard InChI is InChI=1S/C25H24ClNO5/c1-31-23(25(29)30)14-17-6-12-21(13-7-17)32-16-24(28)27-15-19-4-2-3-5-22(19)18-8-10-20(26)11-9-18/h2-13,23H,14-16H2,1H3,(H,27,28)(H,29,30). The molecule has 6 nitrogen and oxygen atoms in total. The van der Waals surface area contributed by atoms with Gasteiger partial charge >= 0.3 is 5.97 Å². The summed E-state index contributed by atoms with van der Waals surface area (Å²) in [6.07, 6.45) is -0.650. The van der Waals surface area contributed by atoms with Crippen LogP contribution in [0.3, 0.4) is 0 Å². The third-order valence-electron chi connectivity index (χ3n) is 4.92. The topological polar surface area (TPSA) is 84.9 Å². The first kappa shape index (κ1) is 23.3. The van der Waals surface area contributed by atoms with E-state index in [0.29, 0.717) is 17.3 Å². The van der Waals surface area contributed by atoms with E-state index < -0.39 is 12.1 Å². The summed E-state index contributed by atoms with van der Waals surface area (Å²) in [6.45, 7) is 0.242. The third-order valence-corrected chi connectivity index (χ3v) is 5.17. The highest BCUT2D eigenvalue weighted by Crippen LogP contribution is 2.25. The van der Waals surface area contributed by atoms with Gasteiger partial charge in [0.15, 0.2) is 12.7 Å². The van der Waals surface area contributed by atoms with Gasteiger partial charge in [0, 0.05) is 25.1 Å². The molecule has 0 aliphatic carbocycles. The zero-order chi connectivity index (χ0) is 22.9. The van der Waals surface area contributed by atoms with Gasteiger partial charge in [-0.25, -0.2) is 4.79 Å². The highest BCUT2D eigenvalue weighted by molar-refractivity contribution is 6.30. The number of benzene rings is 3. The molecule has 1 unspecified atom stereocenters. The van der Waals surface area contributed by atoms with Crippen LogP contribution in [-0.4, -0.2) is 36.8 Å². The summed E-state index contributed by atoms with van der Waals surface area (Å²) in [7, 11) is 1.36. The minimum atomic E-state index is -1.01. The number of nitrogens with one attached hydrogen (secondary N) is 1. The Bertz CT molecular complexity index is 1050. The predicted molar refractivity (Wildman–Crippen MR) is 123 cm³/mol. The molecule has 7 heteroatoms. The van der Waals surface area contributed by atoms with Crippen molar-refractivity contribution in [3.63, 3.8) is 0 Å². The zero-order valence-electron chi connectivity index (χ0n) is 17.6. The van der Waals surface area contributed by atoms with E-state index in [-0.39, 0.29) is 18.9 Å². The van der Waals surface area contributed by atoms with Crippen molar-refractivity contribution in [1.29, 1.82) is 0 Å². The Hall–Kier alpha value is -3.35. The van der Waals surface area contributed by atoms with E-state index in [4.69, 9.17) is 26.2 Å². The number of ether oxygens (including phenoxy) is 2. The van der Waals surface area contributed by atoms with Crippen LogP contribution >= 0.6 is 11.6 Å². The molecule has 0 fully saturated rings. The van der Waals surface area contributed by atoms with Crippen LogP contribution in [0.15, 0.2) is 72.8 Å². The SMILES string of the molecule is COC(Cc1ccc(OCC(=O)NCc2ccccc2-c2ccc(Cl)cc2)cc1)C(=O)O. The maximum absolute atomic E-state index is 12.3. The molecule has 0 heterocycles. The van der Waals surface area contributed by atoms with E-state index in [1.165, 1.54) is 7.11 Å². The monoisotopic (exact) mass is 453 g/mol. The van der Waals surface area contributed by atoms with Crippen LogP contribution in [0.5, 0.6) is 5.75 Å². The molecule has 3 rings (SSSR count). The van der Waals surface area contributed by atoms with Crippen molar-refractivity contribution in [3.05, 3.63) is 88.9 Å². The summed E-state index contributed by atoms with van der Waals surface area (Å²) in [5.74, 6) is -0.734. The molecular formula is C25H24ClNO5. The summed E-state index contributed by atoms with van der Waals surface area (Å²) in [5.41, 5.74) is 3.83. The van der Waals surface area contributed by atoms with Gasteiger partial charge < -0.3 is 19.9 Å². The zero-order valence-corrected chi connectivity index (χ0v) is 18.3. The van der Waals surface area contributed by atoms with E-state index in [1.807, 2.05) is 48.5 Å². The minimum absolute atomic E-state index is 0.127. The molecule has 3 aromatic carbocycles. The van der Waals surface area contributed by atoms with Crippen molar-refractivity contribution in [3.8, 4) is 16.9 Å². The number of carboxylic acid groups (broad SMARTS) is 1. The second-order valence-electron chi connectivity index (χ2n) is 7.14. The van der Waals surface area contributed by atoms with Gasteiger partial charge in [0.2, 0.25) is 0 Å². The normalized spacial score (nSPS) is 11.6. The molecule has 0 aromatic heterocycles. The Morgan fingerprint density at radius 2 is 1.69 bits per heavy atom. The van der Waals surface area contributed by atoms with E-state index in [9.17, 15) is 9.59 Å². The van der Waals surface area contributed by atoms with E-state index in [0.717, 1.165) is 22.3 Å². The number of carboxylic acids is 1. The van der Waals surface area contributed by atoms with Gasteiger partial charge in [0.05, 0.1) is 0 Å². The fourth-order valence-electron chi connectivity index (χ4n) is 3.19. The number of aliphatic carboxylic acids is 1. The number of hydrogen-bond acceptors (Lipinski definition) is 4. The Labute approximate surface area is 191 Å². The van der Waals surface area contributed by atoms with Crippen LogP contribution in [0.4, 0.5) is 0 Å². The molecule has 1 atom stereocenters. The molecule has 32 heavy (non-hydrogen) atoms. The lowest BCUT2D eigenvalue weighted by atomic mass is 10.00. The fraction of sp³-hybridized carbons (Fsp3) is 0.200. The molecule has 2 N–H and O–H groups in total. The number of amides is 1. The van der Waals surface area contributed by atoms with Crippen molar-refractivity contribution in [2.75, 3.05) is 13.7 Å². The van der Waals surface area contributed by atoms with Gasteiger partial charge in [-0.1, -0.05) is 60.1 Å². The summed E-state index contributed by atoms with van der Waals surface area (Å²) < 4.78 is 10.5. The number of methoxy groups -OCH3 is 1. The summed E-state index contributed by atoms with van der Waals surface area (Å²) in [4.78, 5) is 23.3. The van der Waals surface area contributed by atoms with Crippen LogP contribution in [0.1, 0.15) is 11.1 Å². The Kier molecular flexibility index (Phi) is 8.25. The van der Waals surface area contributed by atoms with Crippen LogP contribution in [0.2, 0.25) is 5.02 Å². The molecule has 0 saturated heterocycles.